The van der Waals surface area contributed by atoms with Gasteiger partial charge in [0.05, 0.1) is 6.61 Å². The summed E-state index contributed by atoms with van der Waals surface area (Å²) in [5.41, 5.74) is 0. The van der Waals surface area contributed by atoms with Gasteiger partial charge in [-0.2, -0.15) is 0 Å². The Morgan fingerprint density at radius 2 is 1.60 bits per heavy atom. The summed E-state index contributed by atoms with van der Waals surface area (Å²) in [6.45, 7) is 18.9. The molecule has 0 aromatic heterocycles. The van der Waals surface area contributed by atoms with Gasteiger partial charge in [0, 0.05) is 51.2 Å². The second kappa shape index (κ2) is 10.6. The van der Waals surface area contributed by atoms with Gasteiger partial charge < -0.3 is 14.5 Å². The van der Waals surface area contributed by atoms with Crippen LogP contribution in [-0.4, -0.2) is 92.1 Å². The van der Waals surface area contributed by atoms with Gasteiger partial charge in [0.25, 0.3) is 0 Å². The average molecular weight is 354 g/mol. The first-order chi connectivity index (χ1) is 12.0. The number of Topliss-reactive ketones (excluding diaryl/α,β-unsaturated/α-hetero) is 1. The number of hydrogen-bond donors (Lipinski definition) is 0. The van der Waals surface area contributed by atoms with E-state index >= 15 is 0 Å². The Hall–Kier alpha value is -0.490. The maximum Gasteiger partial charge on any atom is 0.160 e. The Labute approximate surface area is 154 Å². The maximum absolute atomic E-state index is 11.5. The number of carbonyl (C=O) groups is 1. The Balaban J connectivity index is 1.54. The molecule has 0 N–H and O–H groups in total. The van der Waals surface area contributed by atoms with Crippen molar-refractivity contribution in [1.82, 2.24) is 14.7 Å². The fourth-order valence-electron chi connectivity index (χ4n) is 3.75. The predicted molar refractivity (Wildman–Crippen MR) is 103 cm³/mol. The van der Waals surface area contributed by atoms with Crippen molar-refractivity contribution in [3.8, 4) is 0 Å². The molecular formula is C20H39N3O2. The van der Waals surface area contributed by atoms with Crippen LogP contribution in [0.25, 0.3) is 0 Å². The first-order valence-corrected chi connectivity index (χ1v) is 10.2. The van der Waals surface area contributed by atoms with Crippen LogP contribution >= 0.6 is 0 Å². The van der Waals surface area contributed by atoms with Crippen molar-refractivity contribution in [2.24, 2.45) is 11.8 Å². The summed E-state index contributed by atoms with van der Waals surface area (Å²) in [5.74, 6) is 1.14. The molecule has 2 aliphatic rings. The van der Waals surface area contributed by atoms with Crippen molar-refractivity contribution in [3.63, 3.8) is 0 Å². The molecule has 25 heavy (non-hydrogen) atoms. The van der Waals surface area contributed by atoms with Crippen LogP contribution in [0.15, 0.2) is 0 Å². The zero-order valence-electron chi connectivity index (χ0n) is 16.9. The number of carbonyl (C=O) groups excluding carboxylic acids is 1. The zero-order valence-corrected chi connectivity index (χ0v) is 16.9. The fraction of sp³-hybridized carbons (Fsp3) is 0.950. The van der Waals surface area contributed by atoms with E-state index in [0.29, 0.717) is 12.6 Å². The zero-order chi connectivity index (χ0) is 18.2. The van der Waals surface area contributed by atoms with Crippen molar-refractivity contribution in [1.29, 1.82) is 0 Å². The molecule has 0 aromatic carbocycles. The number of piperidine rings is 1. The van der Waals surface area contributed by atoms with Gasteiger partial charge in [0.15, 0.2) is 5.78 Å². The molecule has 2 fully saturated rings. The van der Waals surface area contributed by atoms with Gasteiger partial charge in [-0.25, -0.2) is 0 Å². The number of ether oxygens (including phenoxy) is 1. The van der Waals surface area contributed by atoms with Crippen LogP contribution in [0, 0.1) is 11.8 Å². The van der Waals surface area contributed by atoms with E-state index in [9.17, 15) is 4.79 Å². The third-order valence-corrected chi connectivity index (χ3v) is 5.80. The van der Waals surface area contributed by atoms with E-state index in [2.05, 4.69) is 28.5 Å². The van der Waals surface area contributed by atoms with E-state index in [-0.39, 0.29) is 18.3 Å². The highest BCUT2D eigenvalue weighted by molar-refractivity contribution is 5.81. The highest BCUT2D eigenvalue weighted by Gasteiger charge is 2.24. The minimum absolute atomic E-state index is 0.0816. The molecule has 0 aliphatic carbocycles. The molecule has 2 aliphatic heterocycles. The highest BCUT2D eigenvalue weighted by atomic mass is 16.5. The van der Waals surface area contributed by atoms with Gasteiger partial charge >= 0.3 is 0 Å². The number of likely N-dealkylation sites (tertiary alicyclic amines) is 1. The third kappa shape index (κ3) is 7.33. The molecule has 146 valence electrons. The lowest BCUT2D eigenvalue weighted by atomic mass is 9.96. The van der Waals surface area contributed by atoms with Crippen LogP contribution in [-0.2, 0) is 9.53 Å². The molecule has 0 spiro atoms. The van der Waals surface area contributed by atoms with E-state index in [0.717, 1.165) is 12.5 Å². The Morgan fingerprint density at radius 1 is 0.960 bits per heavy atom. The minimum Gasteiger partial charge on any atom is -0.372 e. The molecule has 5 heteroatoms. The van der Waals surface area contributed by atoms with E-state index in [1.54, 1.807) is 0 Å². The molecule has 0 bridgehead atoms. The highest BCUT2D eigenvalue weighted by Crippen LogP contribution is 2.19. The van der Waals surface area contributed by atoms with E-state index < -0.39 is 0 Å². The van der Waals surface area contributed by atoms with Crippen LogP contribution in [0.3, 0.4) is 0 Å². The molecular weight excluding hydrogens is 314 g/mol. The monoisotopic (exact) mass is 353 g/mol. The molecule has 0 saturated carbocycles. The first kappa shape index (κ1) is 20.8. The van der Waals surface area contributed by atoms with Gasteiger partial charge in [0.2, 0.25) is 0 Å². The van der Waals surface area contributed by atoms with Gasteiger partial charge in [-0.1, -0.05) is 13.8 Å². The normalized spacial score (nSPS) is 22.2. The number of piperazine rings is 1. The first-order valence-electron chi connectivity index (χ1n) is 10.2. The fourth-order valence-corrected chi connectivity index (χ4v) is 3.75. The Morgan fingerprint density at radius 3 is 2.16 bits per heavy atom. The number of nitrogens with zero attached hydrogens (tertiary/aromatic N) is 3. The lowest BCUT2D eigenvalue weighted by Gasteiger charge is -2.40. The number of ketones is 1. The van der Waals surface area contributed by atoms with E-state index in [4.69, 9.17) is 4.74 Å². The van der Waals surface area contributed by atoms with Crippen LogP contribution in [0.4, 0.5) is 0 Å². The Bertz CT molecular complexity index is 384. The summed E-state index contributed by atoms with van der Waals surface area (Å²) in [5, 5.41) is 0. The van der Waals surface area contributed by atoms with Crippen molar-refractivity contribution >= 4 is 5.78 Å². The van der Waals surface area contributed by atoms with Crippen molar-refractivity contribution < 1.29 is 9.53 Å². The van der Waals surface area contributed by atoms with Crippen LogP contribution < -0.4 is 0 Å². The lowest BCUT2D eigenvalue weighted by molar-refractivity contribution is -0.126. The van der Waals surface area contributed by atoms with Crippen molar-refractivity contribution in [2.75, 3.05) is 65.6 Å². The largest absolute Gasteiger partial charge is 0.372 e. The Kier molecular flexibility index (Phi) is 8.83. The topological polar surface area (TPSA) is 36.0 Å². The summed E-state index contributed by atoms with van der Waals surface area (Å²) < 4.78 is 5.53. The van der Waals surface area contributed by atoms with Gasteiger partial charge in [0.1, 0.15) is 6.61 Å². The predicted octanol–water partition coefficient (Wildman–Crippen LogP) is 1.97. The SMILES string of the molecule is CC(C)C(=O)COCCN1CCC(CN2CCN(C(C)C)CC2)CC1. The molecule has 2 heterocycles. The van der Waals surface area contributed by atoms with Crippen LogP contribution in [0.1, 0.15) is 40.5 Å². The molecule has 0 aromatic rings. The summed E-state index contributed by atoms with van der Waals surface area (Å²) in [6, 6.07) is 0.684. The van der Waals surface area contributed by atoms with Crippen molar-refractivity contribution in [3.05, 3.63) is 0 Å². The summed E-state index contributed by atoms with van der Waals surface area (Å²) >= 11 is 0. The number of hydrogen-bond acceptors (Lipinski definition) is 5. The van der Waals surface area contributed by atoms with Crippen LogP contribution in [0.2, 0.25) is 0 Å². The molecule has 2 saturated heterocycles. The molecule has 0 atom stereocenters. The van der Waals surface area contributed by atoms with Gasteiger partial charge in [-0.05, 0) is 45.7 Å². The van der Waals surface area contributed by atoms with Gasteiger partial charge in [-0.3, -0.25) is 9.69 Å². The molecule has 0 radical (unpaired) electrons. The molecule has 2 rings (SSSR count). The third-order valence-electron chi connectivity index (χ3n) is 5.80. The van der Waals surface area contributed by atoms with Crippen molar-refractivity contribution in [2.45, 2.75) is 46.6 Å². The second-order valence-corrected chi connectivity index (χ2v) is 8.39. The standard InChI is InChI=1S/C20H39N3O2/c1-17(2)20(24)16-25-14-13-21-7-5-19(6-8-21)15-22-9-11-23(12-10-22)18(3)4/h17-19H,5-16H2,1-4H3. The molecule has 5 nitrogen and oxygen atoms in total. The molecule has 0 amide bonds. The summed E-state index contributed by atoms with van der Waals surface area (Å²) in [7, 11) is 0. The number of rotatable bonds is 9. The van der Waals surface area contributed by atoms with E-state index in [1.165, 1.54) is 58.7 Å². The second-order valence-electron chi connectivity index (χ2n) is 8.39. The smallest absolute Gasteiger partial charge is 0.160 e. The molecule has 0 unspecified atom stereocenters. The maximum atomic E-state index is 11.5. The summed E-state index contributed by atoms with van der Waals surface area (Å²) in [6.07, 6.45) is 2.60. The summed E-state index contributed by atoms with van der Waals surface area (Å²) in [4.78, 5) is 19.3. The average Bonchev–Trinajstić information content (AvgIpc) is 2.60. The van der Waals surface area contributed by atoms with E-state index in [1.807, 2.05) is 13.8 Å². The van der Waals surface area contributed by atoms with Gasteiger partial charge in [-0.15, -0.1) is 0 Å². The minimum atomic E-state index is 0.0816. The quantitative estimate of drug-likeness (QED) is 0.592. The lowest BCUT2D eigenvalue weighted by Crippen LogP contribution is -2.50. The van der Waals surface area contributed by atoms with Crippen LogP contribution in [0.5, 0.6) is 0 Å².